The Morgan fingerprint density at radius 2 is 1.94 bits per heavy atom. The number of hydrogen-bond acceptors (Lipinski definition) is 4. The van der Waals surface area contributed by atoms with Crippen LogP contribution in [0, 0.1) is 0 Å². The molecule has 0 aliphatic carbocycles. The monoisotopic (exact) mass is 249 g/mol. The van der Waals surface area contributed by atoms with E-state index in [2.05, 4.69) is 17.3 Å². The van der Waals surface area contributed by atoms with E-state index in [1.165, 1.54) is 0 Å². The number of amides is 1. The van der Waals surface area contributed by atoms with E-state index in [1.807, 2.05) is 4.90 Å². The highest BCUT2D eigenvalue weighted by atomic mass is 35.5. The number of aliphatic hydroxyl groups is 1. The van der Waals surface area contributed by atoms with Crippen LogP contribution < -0.4 is 5.32 Å². The number of aliphatic hydroxyl groups excluding tert-OH is 1. The molecule has 2 rings (SSSR count). The van der Waals surface area contributed by atoms with E-state index in [-0.39, 0.29) is 30.5 Å². The summed E-state index contributed by atoms with van der Waals surface area (Å²) >= 11 is 0. The second kappa shape index (κ2) is 5.82. The van der Waals surface area contributed by atoms with Crippen molar-refractivity contribution in [3.63, 3.8) is 0 Å². The molecule has 0 bridgehead atoms. The number of hydrogen-bond donors (Lipinski definition) is 2. The Labute approximate surface area is 102 Å². The van der Waals surface area contributed by atoms with Crippen LogP contribution in [0.15, 0.2) is 0 Å². The molecule has 2 fully saturated rings. The molecule has 2 unspecified atom stereocenters. The first kappa shape index (κ1) is 13.7. The van der Waals surface area contributed by atoms with Crippen LogP contribution in [0.1, 0.15) is 6.42 Å². The van der Waals surface area contributed by atoms with Gasteiger partial charge in [0.25, 0.3) is 0 Å². The van der Waals surface area contributed by atoms with Crippen molar-refractivity contribution in [1.29, 1.82) is 0 Å². The lowest BCUT2D eigenvalue weighted by atomic mass is 10.1. The second-order valence-corrected chi connectivity index (χ2v) is 4.48. The number of carbonyl (C=O) groups is 1. The predicted octanol–water partition coefficient (Wildman–Crippen LogP) is -1.09. The Kier molecular flexibility index (Phi) is 4.98. The van der Waals surface area contributed by atoms with Gasteiger partial charge in [0.1, 0.15) is 0 Å². The van der Waals surface area contributed by atoms with Gasteiger partial charge in [-0.25, -0.2) is 0 Å². The molecule has 2 aliphatic heterocycles. The van der Waals surface area contributed by atoms with Crippen molar-refractivity contribution in [3.05, 3.63) is 0 Å². The first-order chi connectivity index (χ1) is 7.16. The van der Waals surface area contributed by atoms with Crippen LogP contribution in [0.4, 0.5) is 0 Å². The van der Waals surface area contributed by atoms with E-state index in [0.29, 0.717) is 13.0 Å². The van der Waals surface area contributed by atoms with Gasteiger partial charge in [0.15, 0.2) is 0 Å². The van der Waals surface area contributed by atoms with Crippen molar-refractivity contribution < 1.29 is 9.90 Å². The fourth-order valence-electron chi connectivity index (χ4n) is 2.15. The van der Waals surface area contributed by atoms with Crippen LogP contribution in [0.3, 0.4) is 0 Å². The molecule has 0 aromatic heterocycles. The zero-order valence-electron chi connectivity index (χ0n) is 9.56. The zero-order valence-corrected chi connectivity index (χ0v) is 10.4. The van der Waals surface area contributed by atoms with Crippen LogP contribution in [0.5, 0.6) is 0 Å². The van der Waals surface area contributed by atoms with Crippen molar-refractivity contribution in [2.24, 2.45) is 0 Å². The van der Waals surface area contributed by atoms with Crippen molar-refractivity contribution in [2.75, 3.05) is 39.8 Å². The number of halogens is 1. The highest BCUT2D eigenvalue weighted by Crippen LogP contribution is 2.11. The van der Waals surface area contributed by atoms with Crippen LogP contribution in [0.25, 0.3) is 0 Å². The maximum atomic E-state index is 12.0. The van der Waals surface area contributed by atoms with E-state index < -0.39 is 0 Å². The standard InChI is InChI=1S/C10H19N3O2.ClH/c1-12-2-4-13(5-3-12)10(15)9-6-8(14)7-11-9;/h8-9,11,14H,2-7H2,1H3;1H. The van der Waals surface area contributed by atoms with E-state index >= 15 is 0 Å². The van der Waals surface area contributed by atoms with Crippen molar-refractivity contribution in [2.45, 2.75) is 18.6 Å². The Morgan fingerprint density at radius 1 is 1.31 bits per heavy atom. The molecule has 0 radical (unpaired) electrons. The summed E-state index contributed by atoms with van der Waals surface area (Å²) in [5, 5.41) is 12.4. The highest BCUT2D eigenvalue weighted by molar-refractivity contribution is 5.85. The minimum absolute atomic E-state index is 0. The molecule has 16 heavy (non-hydrogen) atoms. The van der Waals surface area contributed by atoms with Gasteiger partial charge >= 0.3 is 0 Å². The average molecular weight is 250 g/mol. The number of piperazine rings is 1. The Bertz CT molecular complexity index is 244. The van der Waals surface area contributed by atoms with Gasteiger partial charge in [0.05, 0.1) is 12.1 Å². The SMILES string of the molecule is CN1CCN(C(=O)C2CC(O)CN2)CC1.Cl. The van der Waals surface area contributed by atoms with Gasteiger partial charge in [-0.05, 0) is 13.5 Å². The summed E-state index contributed by atoms with van der Waals surface area (Å²) in [5.74, 6) is 0.152. The smallest absolute Gasteiger partial charge is 0.239 e. The zero-order chi connectivity index (χ0) is 10.8. The van der Waals surface area contributed by atoms with Crippen LogP contribution in [-0.4, -0.2) is 72.7 Å². The number of rotatable bonds is 1. The van der Waals surface area contributed by atoms with Gasteiger partial charge in [-0.1, -0.05) is 0 Å². The third-order valence-corrected chi connectivity index (χ3v) is 3.22. The molecule has 0 saturated carbocycles. The maximum Gasteiger partial charge on any atom is 0.239 e. The lowest BCUT2D eigenvalue weighted by molar-refractivity contribution is -0.134. The summed E-state index contributed by atoms with van der Waals surface area (Å²) in [5.41, 5.74) is 0. The number of carbonyl (C=O) groups excluding carboxylic acids is 1. The summed E-state index contributed by atoms with van der Waals surface area (Å²) in [4.78, 5) is 16.1. The fourth-order valence-corrected chi connectivity index (χ4v) is 2.15. The average Bonchev–Trinajstić information content (AvgIpc) is 2.65. The van der Waals surface area contributed by atoms with Gasteiger partial charge in [-0.3, -0.25) is 4.79 Å². The lowest BCUT2D eigenvalue weighted by Crippen LogP contribution is -2.52. The van der Waals surface area contributed by atoms with Gasteiger partial charge in [-0.15, -0.1) is 12.4 Å². The third kappa shape index (κ3) is 3.07. The van der Waals surface area contributed by atoms with E-state index in [4.69, 9.17) is 0 Å². The minimum atomic E-state index is -0.355. The normalized spacial score (nSPS) is 31.2. The number of nitrogens with one attached hydrogen (secondary N) is 1. The van der Waals surface area contributed by atoms with Crippen molar-refractivity contribution in [3.8, 4) is 0 Å². The number of β-amino-alcohol motifs (C(OH)–C–C–N with tert-alkyl or cyclic N) is 1. The third-order valence-electron chi connectivity index (χ3n) is 3.22. The van der Waals surface area contributed by atoms with Crippen molar-refractivity contribution >= 4 is 18.3 Å². The summed E-state index contributed by atoms with van der Waals surface area (Å²) in [6, 6.07) is -0.164. The van der Waals surface area contributed by atoms with Gasteiger partial charge in [0.2, 0.25) is 5.91 Å². The van der Waals surface area contributed by atoms with Crippen LogP contribution in [-0.2, 0) is 4.79 Å². The van der Waals surface area contributed by atoms with Gasteiger partial charge in [-0.2, -0.15) is 0 Å². The molecule has 2 N–H and O–H groups in total. The quantitative estimate of drug-likeness (QED) is 0.620. The molecule has 0 aromatic rings. The number of likely N-dealkylation sites (N-methyl/N-ethyl adjacent to an activating group) is 1. The van der Waals surface area contributed by atoms with E-state index in [0.717, 1.165) is 26.2 Å². The summed E-state index contributed by atoms with van der Waals surface area (Å²) in [6.45, 7) is 4.05. The van der Waals surface area contributed by atoms with Gasteiger partial charge < -0.3 is 20.2 Å². The van der Waals surface area contributed by atoms with Crippen LogP contribution in [0.2, 0.25) is 0 Å². The molecular formula is C10H20ClN3O2. The Morgan fingerprint density at radius 3 is 2.44 bits per heavy atom. The Hall–Kier alpha value is -0.360. The lowest BCUT2D eigenvalue weighted by Gasteiger charge is -2.33. The molecule has 2 aliphatic rings. The molecule has 5 nitrogen and oxygen atoms in total. The molecule has 0 aromatic carbocycles. The summed E-state index contributed by atoms with van der Waals surface area (Å²) < 4.78 is 0. The minimum Gasteiger partial charge on any atom is -0.392 e. The molecule has 6 heteroatoms. The molecule has 94 valence electrons. The van der Waals surface area contributed by atoms with Gasteiger partial charge in [0, 0.05) is 32.7 Å². The molecule has 2 atom stereocenters. The topological polar surface area (TPSA) is 55.8 Å². The largest absolute Gasteiger partial charge is 0.392 e. The molecular weight excluding hydrogens is 230 g/mol. The number of nitrogens with zero attached hydrogens (tertiary/aromatic N) is 2. The second-order valence-electron chi connectivity index (χ2n) is 4.48. The molecule has 2 saturated heterocycles. The summed E-state index contributed by atoms with van der Waals surface area (Å²) in [7, 11) is 2.07. The first-order valence-corrected chi connectivity index (χ1v) is 5.55. The summed E-state index contributed by atoms with van der Waals surface area (Å²) in [6.07, 6.45) is 0.206. The predicted molar refractivity (Wildman–Crippen MR) is 63.7 cm³/mol. The molecule has 2 heterocycles. The van der Waals surface area contributed by atoms with E-state index in [1.54, 1.807) is 0 Å². The fraction of sp³-hybridized carbons (Fsp3) is 0.900. The highest BCUT2D eigenvalue weighted by Gasteiger charge is 2.32. The maximum absolute atomic E-state index is 12.0. The molecule has 0 spiro atoms. The first-order valence-electron chi connectivity index (χ1n) is 5.55. The van der Waals surface area contributed by atoms with Crippen molar-refractivity contribution in [1.82, 2.24) is 15.1 Å². The Balaban J connectivity index is 0.00000128. The molecule has 1 amide bonds. The van der Waals surface area contributed by atoms with Crippen LogP contribution >= 0.6 is 12.4 Å². The van der Waals surface area contributed by atoms with E-state index in [9.17, 15) is 9.90 Å².